The highest BCUT2D eigenvalue weighted by Gasteiger charge is 2.19. The minimum absolute atomic E-state index is 0.356. The molecule has 2 rings (SSSR count). The molecule has 0 aromatic heterocycles. The highest BCUT2D eigenvalue weighted by molar-refractivity contribution is 6.31. The maximum atomic E-state index is 12.2. The van der Waals surface area contributed by atoms with Crippen LogP contribution in [-0.2, 0) is 0 Å². The summed E-state index contributed by atoms with van der Waals surface area (Å²) in [6, 6.07) is 13.8. The normalized spacial score (nSPS) is 12.0. The van der Waals surface area contributed by atoms with Crippen LogP contribution in [0.2, 0.25) is 5.02 Å². The number of carbonyl (C=O) groups excluding carboxylic acids is 1. The Morgan fingerprint density at radius 3 is 2.35 bits per heavy atom. The number of aliphatic hydroxyl groups is 1. The standard InChI is InChI=1S/C16H16ClNO2/c1-18(2)14-8-6-11(7-9-14)15(19)16(20)12-4-3-5-13(17)10-12/h3-10,15,19H,1-2H3. The van der Waals surface area contributed by atoms with Crippen LogP contribution < -0.4 is 4.90 Å². The maximum absolute atomic E-state index is 12.2. The van der Waals surface area contributed by atoms with Crippen molar-refractivity contribution in [2.24, 2.45) is 0 Å². The molecule has 1 atom stereocenters. The Balaban J connectivity index is 2.22. The zero-order chi connectivity index (χ0) is 14.7. The quantitative estimate of drug-likeness (QED) is 0.878. The van der Waals surface area contributed by atoms with Crippen LogP contribution in [-0.4, -0.2) is 25.0 Å². The van der Waals surface area contributed by atoms with Crippen molar-refractivity contribution in [3.05, 3.63) is 64.7 Å². The minimum atomic E-state index is -1.18. The van der Waals surface area contributed by atoms with E-state index in [1.165, 1.54) is 0 Å². The lowest BCUT2D eigenvalue weighted by molar-refractivity contribution is 0.0747. The summed E-state index contributed by atoms with van der Waals surface area (Å²) in [6.45, 7) is 0. The van der Waals surface area contributed by atoms with Crippen LogP contribution in [0.5, 0.6) is 0 Å². The van der Waals surface area contributed by atoms with Crippen molar-refractivity contribution in [3.8, 4) is 0 Å². The van der Waals surface area contributed by atoms with E-state index in [1.54, 1.807) is 36.4 Å². The maximum Gasteiger partial charge on any atom is 0.195 e. The van der Waals surface area contributed by atoms with Crippen molar-refractivity contribution >= 4 is 23.1 Å². The molecule has 0 amide bonds. The Morgan fingerprint density at radius 1 is 1.15 bits per heavy atom. The number of nitrogens with zero attached hydrogens (tertiary/aromatic N) is 1. The third-order valence-corrected chi connectivity index (χ3v) is 3.32. The number of rotatable bonds is 4. The molecule has 1 unspecified atom stereocenters. The minimum Gasteiger partial charge on any atom is -0.380 e. The van der Waals surface area contributed by atoms with Crippen LogP contribution in [0, 0.1) is 0 Å². The van der Waals surface area contributed by atoms with Crippen LogP contribution >= 0.6 is 11.6 Å². The molecule has 0 aliphatic heterocycles. The largest absolute Gasteiger partial charge is 0.380 e. The molecule has 2 aromatic carbocycles. The van der Waals surface area contributed by atoms with Crippen LogP contribution in [0.15, 0.2) is 48.5 Å². The van der Waals surface area contributed by atoms with Gasteiger partial charge in [-0.25, -0.2) is 0 Å². The number of halogens is 1. The molecule has 1 N–H and O–H groups in total. The second-order valence-corrected chi connectivity index (χ2v) is 5.20. The average Bonchev–Trinajstić information content (AvgIpc) is 2.46. The van der Waals surface area contributed by atoms with Crippen LogP contribution in [0.25, 0.3) is 0 Å². The Labute approximate surface area is 123 Å². The fourth-order valence-electron chi connectivity index (χ4n) is 1.91. The molecule has 0 spiro atoms. The molecule has 2 aromatic rings. The molecule has 0 saturated carbocycles. The fourth-order valence-corrected chi connectivity index (χ4v) is 2.10. The molecule has 20 heavy (non-hydrogen) atoms. The summed E-state index contributed by atoms with van der Waals surface area (Å²) in [6.07, 6.45) is -1.18. The first kappa shape index (κ1) is 14.6. The van der Waals surface area contributed by atoms with Crippen molar-refractivity contribution < 1.29 is 9.90 Å². The van der Waals surface area contributed by atoms with Gasteiger partial charge in [-0.15, -0.1) is 0 Å². The van der Waals surface area contributed by atoms with Gasteiger partial charge in [0.15, 0.2) is 5.78 Å². The van der Waals surface area contributed by atoms with E-state index in [4.69, 9.17) is 11.6 Å². The van der Waals surface area contributed by atoms with Crippen molar-refractivity contribution in [3.63, 3.8) is 0 Å². The van der Waals surface area contributed by atoms with E-state index < -0.39 is 6.10 Å². The first-order chi connectivity index (χ1) is 9.49. The van der Waals surface area contributed by atoms with E-state index in [2.05, 4.69) is 0 Å². The molecule has 4 heteroatoms. The predicted molar refractivity (Wildman–Crippen MR) is 81.5 cm³/mol. The zero-order valence-corrected chi connectivity index (χ0v) is 12.1. The predicted octanol–water partition coefficient (Wildman–Crippen LogP) is 3.32. The third kappa shape index (κ3) is 3.18. The Morgan fingerprint density at radius 2 is 1.80 bits per heavy atom. The van der Waals surface area contributed by atoms with E-state index in [0.29, 0.717) is 16.1 Å². The van der Waals surface area contributed by atoms with E-state index in [-0.39, 0.29) is 5.78 Å². The van der Waals surface area contributed by atoms with Crippen molar-refractivity contribution in [1.29, 1.82) is 0 Å². The number of carbonyl (C=O) groups is 1. The second-order valence-electron chi connectivity index (χ2n) is 4.76. The summed E-state index contributed by atoms with van der Waals surface area (Å²) in [7, 11) is 3.87. The lowest BCUT2D eigenvalue weighted by Gasteiger charge is -2.15. The third-order valence-electron chi connectivity index (χ3n) is 3.08. The fraction of sp³-hybridized carbons (Fsp3) is 0.188. The van der Waals surface area contributed by atoms with Gasteiger partial charge in [0.25, 0.3) is 0 Å². The lowest BCUT2D eigenvalue weighted by Crippen LogP contribution is -2.13. The van der Waals surface area contributed by atoms with Crippen LogP contribution in [0.4, 0.5) is 5.69 Å². The number of hydrogen-bond donors (Lipinski definition) is 1. The lowest BCUT2D eigenvalue weighted by atomic mass is 10.00. The van der Waals surface area contributed by atoms with Crippen LogP contribution in [0.3, 0.4) is 0 Å². The summed E-state index contributed by atoms with van der Waals surface area (Å²) >= 11 is 5.86. The Hall–Kier alpha value is -1.84. The summed E-state index contributed by atoms with van der Waals surface area (Å²) in [4.78, 5) is 14.2. The van der Waals surface area contributed by atoms with Crippen LogP contribution in [0.1, 0.15) is 22.0 Å². The molecule has 0 fully saturated rings. The summed E-state index contributed by atoms with van der Waals surface area (Å²) in [5.74, 6) is -0.356. The van der Waals surface area contributed by atoms with Crippen molar-refractivity contribution in [2.75, 3.05) is 19.0 Å². The van der Waals surface area contributed by atoms with Gasteiger partial charge in [0.05, 0.1) is 0 Å². The molecule has 0 saturated heterocycles. The highest BCUT2D eigenvalue weighted by Crippen LogP contribution is 2.22. The Kier molecular flexibility index (Phi) is 4.42. The molecule has 0 aliphatic carbocycles. The van der Waals surface area contributed by atoms with Gasteiger partial charge >= 0.3 is 0 Å². The highest BCUT2D eigenvalue weighted by atomic mass is 35.5. The van der Waals surface area contributed by atoms with Crippen molar-refractivity contribution in [2.45, 2.75) is 6.10 Å². The number of benzene rings is 2. The van der Waals surface area contributed by atoms with Crippen molar-refractivity contribution in [1.82, 2.24) is 0 Å². The average molecular weight is 290 g/mol. The SMILES string of the molecule is CN(C)c1ccc(C(O)C(=O)c2cccc(Cl)c2)cc1. The first-order valence-corrected chi connectivity index (χ1v) is 6.62. The van der Waals surface area contributed by atoms with Gasteiger partial charge in [-0.1, -0.05) is 35.9 Å². The monoisotopic (exact) mass is 289 g/mol. The number of hydrogen-bond acceptors (Lipinski definition) is 3. The van der Waals surface area contributed by atoms with Gasteiger partial charge in [-0.2, -0.15) is 0 Å². The number of ketones is 1. The van der Waals surface area contributed by atoms with Gasteiger partial charge in [0, 0.05) is 30.4 Å². The summed E-state index contributed by atoms with van der Waals surface area (Å²) in [5.41, 5.74) is 1.98. The molecule has 0 aliphatic rings. The zero-order valence-electron chi connectivity index (χ0n) is 11.4. The second kappa shape index (κ2) is 6.07. The van der Waals surface area contributed by atoms with E-state index in [0.717, 1.165) is 5.69 Å². The molecule has 0 radical (unpaired) electrons. The number of anilines is 1. The molecular weight excluding hydrogens is 274 g/mol. The van der Waals surface area contributed by atoms with Gasteiger partial charge in [-0.05, 0) is 29.8 Å². The molecule has 0 heterocycles. The van der Waals surface area contributed by atoms with E-state index >= 15 is 0 Å². The van der Waals surface area contributed by atoms with Gasteiger partial charge < -0.3 is 10.0 Å². The molecule has 104 valence electrons. The molecule has 0 bridgehead atoms. The van der Waals surface area contributed by atoms with E-state index in [9.17, 15) is 9.90 Å². The van der Waals surface area contributed by atoms with Gasteiger partial charge in [-0.3, -0.25) is 4.79 Å². The smallest absolute Gasteiger partial charge is 0.195 e. The van der Waals surface area contributed by atoms with E-state index in [1.807, 2.05) is 31.1 Å². The number of Topliss-reactive ketones (excluding diaryl/α,β-unsaturated/α-hetero) is 1. The molecular formula is C16H16ClNO2. The Bertz CT molecular complexity index is 608. The topological polar surface area (TPSA) is 40.5 Å². The van der Waals surface area contributed by atoms with Gasteiger partial charge in [0.2, 0.25) is 0 Å². The molecule has 3 nitrogen and oxygen atoms in total. The summed E-state index contributed by atoms with van der Waals surface area (Å²) in [5, 5.41) is 10.6. The first-order valence-electron chi connectivity index (χ1n) is 6.24. The summed E-state index contributed by atoms with van der Waals surface area (Å²) < 4.78 is 0. The number of aliphatic hydroxyl groups excluding tert-OH is 1. The van der Waals surface area contributed by atoms with Gasteiger partial charge in [0.1, 0.15) is 6.10 Å².